The first-order valence-electron chi connectivity index (χ1n) is 7.52. The minimum absolute atomic E-state index is 0.601. The molecule has 1 nitrogen and oxygen atoms in total. The third kappa shape index (κ3) is 3.94. The average molecular weight is 267 g/mol. The molecule has 1 heteroatoms. The van der Waals surface area contributed by atoms with Crippen LogP contribution in [0.2, 0.25) is 0 Å². The SMILES string of the molecule is CNC(CCc1ccc(-c2ccccc2)cc1)C(C)C. The summed E-state index contributed by atoms with van der Waals surface area (Å²) in [7, 11) is 2.06. The molecule has 1 N–H and O–H groups in total. The zero-order valence-electron chi connectivity index (χ0n) is 12.8. The van der Waals surface area contributed by atoms with Crippen LogP contribution in [0.5, 0.6) is 0 Å². The van der Waals surface area contributed by atoms with E-state index < -0.39 is 0 Å². The van der Waals surface area contributed by atoms with Crippen LogP contribution in [-0.4, -0.2) is 13.1 Å². The predicted molar refractivity (Wildman–Crippen MR) is 87.9 cm³/mol. The van der Waals surface area contributed by atoms with Crippen LogP contribution in [0.25, 0.3) is 11.1 Å². The maximum Gasteiger partial charge on any atom is 0.00902 e. The molecule has 0 bridgehead atoms. The molecule has 20 heavy (non-hydrogen) atoms. The molecule has 0 aromatic heterocycles. The van der Waals surface area contributed by atoms with Gasteiger partial charge in [-0.15, -0.1) is 0 Å². The fourth-order valence-corrected chi connectivity index (χ4v) is 2.63. The van der Waals surface area contributed by atoms with Crippen molar-refractivity contribution in [2.24, 2.45) is 5.92 Å². The van der Waals surface area contributed by atoms with Crippen molar-refractivity contribution >= 4 is 0 Å². The van der Waals surface area contributed by atoms with Gasteiger partial charge in [-0.2, -0.15) is 0 Å². The molecule has 0 aliphatic rings. The molecule has 0 fully saturated rings. The van der Waals surface area contributed by atoms with Crippen molar-refractivity contribution in [2.75, 3.05) is 7.05 Å². The Morgan fingerprint density at radius 1 is 0.850 bits per heavy atom. The van der Waals surface area contributed by atoms with Gasteiger partial charge < -0.3 is 5.32 Å². The third-order valence-electron chi connectivity index (χ3n) is 3.98. The van der Waals surface area contributed by atoms with Crippen molar-refractivity contribution in [3.8, 4) is 11.1 Å². The maximum atomic E-state index is 3.41. The fourth-order valence-electron chi connectivity index (χ4n) is 2.63. The van der Waals surface area contributed by atoms with Gasteiger partial charge in [-0.3, -0.25) is 0 Å². The lowest BCUT2D eigenvalue weighted by atomic mass is 9.96. The Hall–Kier alpha value is -1.60. The van der Waals surface area contributed by atoms with Crippen molar-refractivity contribution in [3.63, 3.8) is 0 Å². The van der Waals surface area contributed by atoms with Crippen molar-refractivity contribution in [1.82, 2.24) is 5.32 Å². The molecule has 106 valence electrons. The topological polar surface area (TPSA) is 12.0 Å². The Kier molecular flexibility index (Phi) is 5.37. The molecule has 0 amide bonds. The lowest BCUT2D eigenvalue weighted by Crippen LogP contribution is -2.30. The van der Waals surface area contributed by atoms with Gasteiger partial charge in [-0.1, -0.05) is 68.4 Å². The van der Waals surface area contributed by atoms with Crippen LogP contribution in [0.4, 0.5) is 0 Å². The molecule has 2 aromatic rings. The van der Waals surface area contributed by atoms with Gasteiger partial charge in [0.1, 0.15) is 0 Å². The second kappa shape index (κ2) is 7.25. The quantitative estimate of drug-likeness (QED) is 0.811. The molecule has 1 unspecified atom stereocenters. The van der Waals surface area contributed by atoms with Crippen LogP contribution in [0.1, 0.15) is 25.8 Å². The molecule has 0 aliphatic heterocycles. The van der Waals surface area contributed by atoms with Gasteiger partial charge in [0.25, 0.3) is 0 Å². The monoisotopic (exact) mass is 267 g/mol. The molecular formula is C19H25N. The largest absolute Gasteiger partial charge is 0.317 e. The van der Waals surface area contributed by atoms with E-state index >= 15 is 0 Å². The number of benzene rings is 2. The van der Waals surface area contributed by atoms with Gasteiger partial charge in [0.15, 0.2) is 0 Å². The average Bonchev–Trinajstić information content (AvgIpc) is 2.49. The minimum atomic E-state index is 0.601. The summed E-state index contributed by atoms with van der Waals surface area (Å²) in [5.41, 5.74) is 4.00. The predicted octanol–water partition coefficient (Wildman–Crippen LogP) is 4.53. The van der Waals surface area contributed by atoms with E-state index in [0.29, 0.717) is 12.0 Å². The lowest BCUT2D eigenvalue weighted by molar-refractivity contribution is 0.403. The summed E-state index contributed by atoms with van der Waals surface area (Å²) in [6.07, 6.45) is 2.33. The van der Waals surface area contributed by atoms with E-state index in [0.717, 1.165) is 6.42 Å². The van der Waals surface area contributed by atoms with Crippen molar-refractivity contribution < 1.29 is 0 Å². The standard InChI is InChI=1S/C19H25N/c1-15(2)19(20-3)14-11-16-9-12-18(13-10-16)17-7-5-4-6-8-17/h4-10,12-13,15,19-20H,11,14H2,1-3H3. The van der Waals surface area contributed by atoms with E-state index in [2.05, 4.69) is 80.8 Å². The van der Waals surface area contributed by atoms with Crippen LogP contribution >= 0.6 is 0 Å². The summed E-state index contributed by atoms with van der Waals surface area (Å²) in [5, 5.41) is 3.41. The van der Waals surface area contributed by atoms with Gasteiger partial charge in [-0.05, 0) is 42.5 Å². The highest BCUT2D eigenvalue weighted by molar-refractivity contribution is 5.63. The zero-order valence-corrected chi connectivity index (χ0v) is 12.8. The Labute approximate surface area is 123 Å². The summed E-state index contributed by atoms with van der Waals surface area (Å²) in [4.78, 5) is 0. The van der Waals surface area contributed by atoms with Crippen molar-refractivity contribution in [1.29, 1.82) is 0 Å². The van der Waals surface area contributed by atoms with E-state index in [-0.39, 0.29) is 0 Å². The minimum Gasteiger partial charge on any atom is -0.317 e. The van der Waals surface area contributed by atoms with Gasteiger partial charge in [0.05, 0.1) is 0 Å². The van der Waals surface area contributed by atoms with Gasteiger partial charge >= 0.3 is 0 Å². The molecular weight excluding hydrogens is 242 g/mol. The number of hydrogen-bond donors (Lipinski definition) is 1. The first-order chi connectivity index (χ1) is 9.70. The normalized spacial score (nSPS) is 12.6. The molecule has 0 heterocycles. The fraction of sp³-hybridized carbons (Fsp3) is 0.368. The van der Waals surface area contributed by atoms with Crippen molar-refractivity contribution in [2.45, 2.75) is 32.7 Å². The smallest absolute Gasteiger partial charge is 0.00902 e. The first-order valence-corrected chi connectivity index (χ1v) is 7.52. The Bertz CT molecular complexity index is 499. The maximum absolute atomic E-state index is 3.41. The van der Waals surface area contributed by atoms with E-state index in [9.17, 15) is 0 Å². The van der Waals surface area contributed by atoms with Crippen LogP contribution < -0.4 is 5.32 Å². The molecule has 2 aromatic carbocycles. The van der Waals surface area contributed by atoms with E-state index in [1.807, 2.05) is 0 Å². The molecule has 1 atom stereocenters. The van der Waals surface area contributed by atoms with Gasteiger partial charge in [-0.25, -0.2) is 0 Å². The van der Waals surface area contributed by atoms with E-state index in [1.165, 1.54) is 23.1 Å². The number of aryl methyl sites for hydroxylation is 1. The summed E-state index contributed by atoms with van der Waals surface area (Å²) < 4.78 is 0. The van der Waals surface area contributed by atoms with Crippen molar-refractivity contribution in [3.05, 3.63) is 60.2 Å². The third-order valence-corrected chi connectivity index (χ3v) is 3.98. The molecule has 0 saturated heterocycles. The highest BCUT2D eigenvalue weighted by Gasteiger charge is 2.10. The van der Waals surface area contributed by atoms with E-state index in [1.54, 1.807) is 0 Å². The Morgan fingerprint density at radius 3 is 2.00 bits per heavy atom. The van der Waals surface area contributed by atoms with Crippen LogP contribution in [-0.2, 0) is 6.42 Å². The molecule has 0 spiro atoms. The second-order valence-corrected chi connectivity index (χ2v) is 5.74. The van der Waals surface area contributed by atoms with E-state index in [4.69, 9.17) is 0 Å². The number of hydrogen-bond acceptors (Lipinski definition) is 1. The van der Waals surface area contributed by atoms with Gasteiger partial charge in [0.2, 0.25) is 0 Å². The summed E-state index contributed by atoms with van der Waals surface area (Å²) in [5.74, 6) is 0.684. The zero-order chi connectivity index (χ0) is 14.4. The highest BCUT2D eigenvalue weighted by Crippen LogP contribution is 2.20. The summed E-state index contributed by atoms with van der Waals surface area (Å²) in [6, 6.07) is 20.1. The summed E-state index contributed by atoms with van der Waals surface area (Å²) in [6.45, 7) is 4.55. The number of nitrogens with one attached hydrogen (secondary N) is 1. The van der Waals surface area contributed by atoms with Gasteiger partial charge in [0, 0.05) is 6.04 Å². The molecule has 2 rings (SSSR count). The van der Waals surface area contributed by atoms with Crippen LogP contribution in [0, 0.1) is 5.92 Å². The van der Waals surface area contributed by atoms with Crippen LogP contribution in [0.15, 0.2) is 54.6 Å². The van der Waals surface area contributed by atoms with Crippen LogP contribution in [0.3, 0.4) is 0 Å². The Balaban J connectivity index is 1.99. The first kappa shape index (κ1) is 14.8. The molecule has 0 radical (unpaired) electrons. The highest BCUT2D eigenvalue weighted by atomic mass is 14.9. The number of rotatable bonds is 6. The second-order valence-electron chi connectivity index (χ2n) is 5.74. The lowest BCUT2D eigenvalue weighted by Gasteiger charge is -2.20. The molecule has 0 saturated carbocycles. The summed E-state index contributed by atoms with van der Waals surface area (Å²) >= 11 is 0. The Morgan fingerprint density at radius 2 is 1.45 bits per heavy atom. The molecule has 0 aliphatic carbocycles.